The normalized spacial score (nSPS) is 11.2. The summed E-state index contributed by atoms with van der Waals surface area (Å²) in [5.74, 6) is 0.825. The Bertz CT molecular complexity index is 788. The standard InChI is InChI=1S/C22H28Br2N2O2/c1-22(2,3)17-8-9-20(19(24)15-17)28-13-5-11-25-21(27)26-12-10-16-6-4-7-18(23)14-16/h4,6-9,14-15H,5,10-13H2,1-3H3,(H2,25,26,27). The van der Waals surface area contributed by atoms with E-state index in [1.54, 1.807) is 0 Å². The van der Waals surface area contributed by atoms with E-state index in [1.165, 1.54) is 11.1 Å². The van der Waals surface area contributed by atoms with Gasteiger partial charge in [0.2, 0.25) is 0 Å². The molecule has 2 rings (SSSR count). The zero-order valence-electron chi connectivity index (χ0n) is 16.6. The number of ether oxygens (including phenoxy) is 1. The molecule has 0 aliphatic carbocycles. The third-order valence-corrected chi connectivity index (χ3v) is 5.36. The highest BCUT2D eigenvalue weighted by atomic mass is 79.9. The van der Waals surface area contributed by atoms with Crippen LogP contribution in [0.4, 0.5) is 4.79 Å². The number of urea groups is 1. The predicted octanol–water partition coefficient (Wildman–Crippen LogP) is 5.82. The summed E-state index contributed by atoms with van der Waals surface area (Å²) in [6, 6.07) is 14.1. The summed E-state index contributed by atoms with van der Waals surface area (Å²) >= 11 is 7.03. The van der Waals surface area contributed by atoms with Crippen LogP contribution in [0, 0.1) is 0 Å². The van der Waals surface area contributed by atoms with Gasteiger partial charge in [-0.3, -0.25) is 0 Å². The third kappa shape index (κ3) is 7.84. The van der Waals surface area contributed by atoms with Crippen LogP contribution in [0.25, 0.3) is 0 Å². The third-order valence-electron chi connectivity index (χ3n) is 4.25. The lowest BCUT2D eigenvalue weighted by Crippen LogP contribution is -2.37. The highest BCUT2D eigenvalue weighted by Gasteiger charge is 2.15. The minimum Gasteiger partial charge on any atom is -0.492 e. The number of benzene rings is 2. The second-order valence-electron chi connectivity index (χ2n) is 7.66. The maximum absolute atomic E-state index is 11.8. The minimum atomic E-state index is -0.147. The predicted molar refractivity (Wildman–Crippen MR) is 122 cm³/mol. The Hall–Kier alpha value is -1.53. The summed E-state index contributed by atoms with van der Waals surface area (Å²) in [6.07, 6.45) is 1.54. The number of hydrogen-bond donors (Lipinski definition) is 2. The van der Waals surface area contributed by atoms with E-state index in [0.29, 0.717) is 19.7 Å². The number of halogens is 2. The lowest BCUT2D eigenvalue weighted by atomic mass is 9.87. The second kappa shape index (κ2) is 10.9. The van der Waals surface area contributed by atoms with Crippen molar-refractivity contribution in [1.29, 1.82) is 0 Å². The van der Waals surface area contributed by atoms with Gasteiger partial charge in [-0.05, 0) is 69.6 Å². The summed E-state index contributed by atoms with van der Waals surface area (Å²) in [5.41, 5.74) is 2.55. The zero-order chi connectivity index (χ0) is 20.6. The monoisotopic (exact) mass is 510 g/mol. The molecule has 6 heteroatoms. The van der Waals surface area contributed by atoms with Gasteiger partial charge in [0, 0.05) is 17.6 Å². The van der Waals surface area contributed by atoms with E-state index in [9.17, 15) is 4.79 Å². The minimum absolute atomic E-state index is 0.106. The van der Waals surface area contributed by atoms with E-state index >= 15 is 0 Å². The largest absolute Gasteiger partial charge is 0.492 e. The fraction of sp³-hybridized carbons (Fsp3) is 0.409. The van der Waals surface area contributed by atoms with Crippen molar-refractivity contribution in [1.82, 2.24) is 10.6 Å². The van der Waals surface area contributed by atoms with Crippen LogP contribution in [0.5, 0.6) is 5.75 Å². The molecule has 0 fully saturated rings. The molecule has 0 heterocycles. The molecule has 2 N–H and O–H groups in total. The molecular weight excluding hydrogens is 484 g/mol. The van der Waals surface area contributed by atoms with Gasteiger partial charge in [0.15, 0.2) is 0 Å². The number of carbonyl (C=O) groups is 1. The smallest absolute Gasteiger partial charge is 0.314 e. The number of rotatable bonds is 8. The topological polar surface area (TPSA) is 50.4 Å². The number of amides is 2. The summed E-state index contributed by atoms with van der Waals surface area (Å²) in [5, 5.41) is 5.73. The van der Waals surface area contributed by atoms with E-state index in [2.05, 4.69) is 81.5 Å². The highest BCUT2D eigenvalue weighted by Crippen LogP contribution is 2.31. The molecule has 0 aliphatic heterocycles. The van der Waals surface area contributed by atoms with Crippen LogP contribution in [0.1, 0.15) is 38.3 Å². The molecule has 0 aliphatic rings. The summed E-state index contributed by atoms with van der Waals surface area (Å²) in [7, 11) is 0. The van der Waals surface area contributed by atoms with Crippen molar-refractivity contribution in [2.24, 2.45) is 0 Å². The van der Waals surface area contributed by atoms with Crippen molar-refractivity contribution in [3.63, 3.8) is 0 Å². The van der Waals surface area contributed by atoms with Crippen LogP contribution in [-0.4, -0.2) is 25.7 Å². The van der Waals surface area contributed by atoms with Crippen molar-refractivity contribution in [2.75, 3.05) is 19.7 Å². The Kier molecular flexibility index (Phi) is 8.83. The molecule has 2 amide bonds. The van der Waals surface area contributed by atoms with Gasteiger partial charge < -0.3 is 15.4 Å². The maximum atomic E-state index is 11.8. The Morgan fingerprint density at radius 3 is 2.46 bits per heavy atom. The second-order valence-corrected chi connectivity index (χ2v) is 9.43. The molecule has 2 aromatic rings. The first-order valence-electron chi connectivity index (χ1n) is 9.44. The van der Waals surface area contributed by atoms with E-state index in [1.807, 2.05) is 24.3 Å². The first-order valence-corrected chi connectivity index (χ1v) is 11.0. The molecular formula is C22H28Br2N2O2. The van der Waals surface area contributed by atoms with Crippen LogP contribution in [0.2, 0.25) is 0 Å². The van der Waals surface area contributed by atoms with Crippen molar-refractivity contribution in [3.05, 3.63) is 62.5 Å². The first-order chi connectivity index (χ1) is 13.3. The van der Waals surface area contributed by atoms with Gasteiger partial charge in [-0.1, -0.05) is 54.9 Å². The van der Waals surface area contributed by atoms with Crippen LogP contribution in [0.15, 0.2) is 51.4 Å². The molecule has 0 atom stereocenters. The zero-order valence-corrected chi connectivity index (χ0v) is 19.8. The van der Waals surface area contributed by atoms with Gasteiger partial charge in [-0.15, -0.1) is 0 Å². The van der Waals surface area contributed by atoms with Crippen molar-refractivity contribution >= 4 is 37.9 Å². The maximum Gasteiger partial charge on any atom is 0.314 e. The van der Waals surface area contributed by atoms with E-state index < -0.39 is 0 Å². The van der Waals surface area contributed by atoms with Crippen LogP contribution < -0.4 is 15.4 Å². The van der Waals surface area contributed by atoms with Crippen LogP contribution in [0.3, 0.4) is 0 Å². The first kappa shape index (κ1) is 22.8. The van der Waals surface area contributed by atoms with E-state index in [-0.39, 0.29) is 11.4 Å². The molecule has 28 heavy (non-hydrogen) atoms. The Morgan fingerprint density at radius 2 is 1.79 bits per heavy atom. The van der Waals surface area contributed by atoms with Gasteiger partial charge in [-0.25, -0.2) is 4.79 Å². The summed E-state index contributed by atoms with van der Waals surface area (Å²) in [6.45, 7) is 8.28. The molecule has 0 saturated carbocycles. The Balaban J connectivity index is 1.61. The van der Waals surface area contributed by atoms with Gasteiger partial charge in [0.25, 0.3) is 0 Å². The molecule has 0 saturated heterocycles. The highest BCUT2D eigenvalue weighted by molar-refractivity contribution is 9.10. The van der Waals surface area contributed by atoms with Crippen LogP contribution in [-0.2, 0) is 11.8 Å². The molecule has 0 aromatic heterocycles. The number of carbonyl (C=O) groups excluding carboxylic acids is 1. The SMILES string of the molecule is CC(C)(C)c1ccc(OCCCNC(=O)NCCc2cccc(Br)c2)c(Br)c1. The molecule has 0 unspecified atom stereocenters. The van der Waals surface area contributed by atoms with Crippen LogP contribution >= 0.6 is 31.9 Å². The molecule has 2 aromatic carbocycles. The molecule has 0 radical (unpaired) electrons. The van der Waals surface area contributed by atoms with Crippen molar-refractivity contribution in [3.8, 4) is 5.75 Å². The molecule has 4 nitrogen and oxygen atoms in total. The number of hydrogen-bond acceptors (Lipinski definition) is 2. The molecule has 0 spiro atoms. The van der Waals surface area contributed by atoms with E-state index in [0.717, 1.165) is 27.5 Å². The van der Waals surface area contributed by atoms with Gasteiger partial charge in [0.05, 0.1) is 11.1 Å². The van der Waals surface area contributed by atoms with Crippen molar-refractivity contribution < 1.29 is 9.53 Å². The molecule has 0 bridgehead atoms. The average molecular weight is 512 g/mol. The lowest BCUT2D eigenvalue weighted by molar-refractivity contribution is 0.239. The fourth-order valence-corrected chi connectivity index (χ4v) is 3.56. The number of nitrogens with one attached hydrogen (secondary N) is 2. The quantitative estimate of drug-likeness (QED) is 0.438. The Labute approximate surface area is 184 Å². The van der Waals surface area contributed by atoms with Crippen molar-refractivity contribution in [2.45, 2.75) is 39.0 Å². The summed E-state index contributed by atoms with van der Waals surface area (Å²) in [4.78, 5) is 11.8. The lowest BCUT2D eigenvalue weighted by Gasteiger charge is -2.20. The fourth-order valence-electron chi connectivity index (χ4n) is 2.62. The summed E-state index contributed by atoms with van der Waals surface area (Å²) < 4.78 is 7.82. The average Bonchev–Trinajstić information content (AvgIpc) is 2.62. The van der Waals surface area contributed by atoms with Gasteiger partial charge in [0.1, 0.15) is 5.75 Å². The Morgan fingerprint density at radius 1 is 1.04 bits per heavy atom. The van der Waals surface area contributed by atoms with Gasteiger partial charge >= 0.3 is 6.03 Å². The van der Waals surface area contributed by atoms with Gasteiger partial charge in [-0.2, -0.15) is 0 Å². The van der Waals surface area contributed by atoms with E-state index in [4.69, 9.17) is 4.74 Å². The molecule has 152 valence electrons.